The van der Waals surface area contributed by atoms with Gasteiger partial charge in [-0.1, -0.05) is 0 Å². The van der Waals surface area contributed by atoms with Gasteiger partial charge in [0, 0.05) is 11.4 Å². The van der Waals surface area contributed by atoms with Gasteiger partial charge in [-0.2, -0.15) is 5.10 Å². The van der Waals surface area contributed by atoms with Crippen LogP contribution in [-0.4, -0.2) is 23.3 Å². The lowest BCUT2D eigenvalue weighted by Crippen LogP contribution is -2.19. The number of nitrogens with one attached hydrogen (secondary N) is 1. The molecule has 0 saturated carbocycles. The van der Waals surface area contributed by atoms with Crippen LogP contribution >= 0.6 is 0 Å². The Morgan fingerprint density at radius 1 is 1.30 bits per heavy atom. The Balaban J connectivity index is 2.05. The van der Waals surface area contributed by atoms with Crippen LogP contribution in [0.25, 0.3) is 0 Å². The number of Topliss-reactive ketones (excluding diaryl/α,β-unsaturated/α-hetero) is 1. The summed E-state index contributed by atoms with van der Waals surface area (Å²) in [5.41, 5.74) is 2.00. The highest BCUT2D eigenvalue weighted by atomic mass is 16.2. The number of carbonyl (C=O) groups excluding carboxylic acids is 3. The van der Waals surface area contributed by atoms with Crippen LogP contribution in [0.3, 0.4) is 0 Å². The number of rotatable bonds is 4. The number of anilines is 2. The lowest BCUT2D eigenvalue weighted by molar-refractivity contribution is -0.124. The van der Waals surface area contributed by atoms with Crippen LogP contribution in [-0.2, 0) is 14.4 Å². The average Bonchev–Trinajstić information content (AvgIpc) is 2.68. The van der Waals surface area contributed by atoms with Crippen LogP contribution < -0.4 is 10.3 Å². The van der Waals surface area contributed by atoms with Gasteiger partial charge in [0.1, 0.15) is 5.78 Å². The van der Waals surface area contributed by atoms with Crippen molar-refractivity contribution in [1.29, 1.82) is 0 Å². The summed E-state index contributed by atoms with van der Waals surface area (Å²) >= 11 is 0. The summed E-state index contributed by atoms with van der Waals surface area (Å²) in [7, 11) is 0. The van der Waals surface area contributed by atoms with Gasteiger partial charge >= 0.3 is 0 Å². The molecule has 1 aliphatic heterocycles. The predicted molar refractivity (Wildman–Crippen MR) is 75.6 cm³/mol. The van der Waals surface area contributed by atoms with Crippen molar-refractivity contribution in [2.75, 3.05) is 10.3 Å². The van der Waals surface area contributed by atoms with Crippen LogP contribution in [0.4, 0.5) is 11.4 Å². The Hall–Kier alpha value is -2.50. The van der Waals surface area contributed by atoms with Gasteiger partial charge in [-0.05, 0) is 38.1 Å². The molecule has 0 spiro atoms. The lowest BCUT2D eigenvalue weighted by Gasteiger charge is -2.12. The van der Waals surface area contributed by atoms with Crippen molar-refractivity contribution in [3.8, 4) is 0 Å². The predicted octanol–water partition coefficient (Wildman–Crippen LogP) is 1.72. The second kappa shape index (κ2) is 5.64. The highest BCUT2D eigenvalue weighted by molar-refractivity contribution is 6.12. The Morgan fingerprint density at radius 3 is 2.45 bits per heavy atom. The largest absolute Gasteiger partial charge is 0.326 e. The molecule has 0 saturated heterocycles. The van der Waals surface area contributed by atoms with E-state index in [1.807, 2.05) is 0 Å². The van der Waals surface area contributed by atoms with E-state index in [2.05, 4.69) is 10.4 Å². The van der Waals surface area contributed by atoms with E-state index >= 15 is 0 Å². The molecule has 6 nitrogen and oxygen atoms in total. The van der Waals surface area contributed by atoms with Gasteiger partial charge < -0.3 is 5.32 Å². The van der Waals surface area contributed by atoms with Gasteiger partial charge in [-0.3, -0.25) is 14.4 Å². The van der Waals surface area contributed by atoms with E-state index < -0.39 is 0 Å². The maximum Gasteiger partial charge on any atom is 0.253 e. The van der Waals surface area contributed by atoms with E-state index in [1.165, 1.54) is 11.9 Å². The lowest BCUT2D eigenvalue weighted by atomic mass is 10.2. The quantitative estimate of drug-likeness (QED) is 0.848. The number of hydrogen-bond donors (Lipinski definition) is 1. The summed E-state index contributed by atoms with van der Waals surface area (Å²) < 4.78 is 0. The molecule has 0 bridgehead atoms. The van der Waals surface area contributed by atoms with Crippen molar-refractivity contribution in [3.05, 3.63) is 24.3 Å². The zero-order valence-electron chi connectivity index (χ0n) is 11.3. The van der Waals surface area contributed by atoms with Gasteiger partial charge in [0.2, 0.25) is 5.91 Å². The highest BCUT2D eigenvalue weighted by Crippen LogP contribution is 2.22. The normalized spacial score (nSPS) is 14.2. The first-order chi connectivity index (χ1) is 9.45. The first-order valence-electron chi connectivity index (χ1n) is 6.22. The fraction of sp³-hybridized carbons (Fsp3) is 0.286. The number of amides is 2. The standard InChI is InChI=1S/C14H15N3O3/c1-9-7-14(20)17(16-9)12-5-3-11(4-6-12)15-13(19)8-10(2)18/h3-6H,7-8H2,1-2H3,(H,15,19). The second-order valence-electron chi connectivity index (χ2n) is 4.69. The number of carbonyl (C=O) groups is 3. The average molecular weight is 273 g/mol. The molecule has 1 aromatic carbocycles. The molecule has 0 aliphatic carbocycles. The molecule has 0 fully saturated rings. The van der Waals surface area contributed by atoms with E-state index in [0.717, 1.165) is 5.71 Å². The molecule has 0 aromatic heterocycles. The maximum absolute atomic E-state index is 11.7. The smallest absolute Gasteiger partial charge is 0.253 e. The van der Waals surface area contributed by atoms with Crippen molar-refractivity contribution in [3.63, 3.8) is 0 Å². The fourth-order valence-corrected chi connectivity index (χ4v) is 1.87. The molecule has 1 aliphatic rings. The topological polar surface area (TPSA) is 78.8 Å². The van der Waals surface area contributed by atoms with Gasteiger partial charge in [-0.25, -0.2) is 5.01 Å². The summed E-state index contributed by atoms with van der Waals surface area (Å²) in [5, 5.41) is 8.09. The van der Waals surface area contributed by atoms with Crippen LogP contribution in [0.15, 0.2) is 29.4 Å². The molecule has 2 amide bonds. The summed E-state index contributed by atoms with van der Waals surface area (Å²) in [6, 6.07) is 6.74. The molecule has 20 heavy (non-hydrogen) atoms. The second-order valence-corrected chi connectivity index (χ2v) is 4.69. The van der Waals surface area contributed by atoms with Gasteiger partial charge in [-0.15, -0.1) is 0 Å². The zero-order valence-corrected chi connectivity index (χ0v) is 11.3. The molecule has 1 aromatic rings. The monoisotopic (exact) mass is 273 g/mol. The minimum atomic E-state index is -0.351. The molecule has 6 heteroatoms. The van der Waals surface area contributed by atoms with Crippen molar-refractivity contribution < 1.29 is 14.4 Å². The molecule has 0 atom stereocenters. The third kappa shape index (κ3) is 3.28. The van der Waals surface area contributed by atoms with Gasteiger partial charge in [0.15, 0.2) is 0 Å². The zero-order chi connectivity index (χ0) is 14.7. The first-order valence-corrected chi connectivity index (χ1v) is 6.22. The molecular weight excluding hydrogens is 258 g/mol. The van der Waals surface area contributed by atoms with Crippen LogP contribution in [0, 0.1) is 0 Å². The van der Waals surface area contributed by atoms with E-state index in [9.17, 15) is 14.4 Å². The molecule has 2 rings (SSSR count). The third-order valence-electron chi connectivity index (χ3n) is 2.72. The SMILES string of the molecule is CC(=O)CC(=O)Nc1ccc(N2N=C(C)CC2=O)cc1. The molecule has 104 valence electrons. The molecule has 1 heterocycles. The fourth-order valence-electron chi connectivity index (χ4n) is 1.87. The highest BCUT2D eigenvalue weighted by Gasteiger charge is 2.22. The number of hydrogen-bond acceptors (Lipinski definition) is 4. The van der Waals surface area contributed by atoms with E-state index in [1.54, 1.807) is 31.2 Å². The van der Waals surface area contributed by atoms with Crippen molar-refractivity contribution >= 4 is 34.7 Å². The Bertz CT molecular complexity index is 590. The summed E-state index contributed by atoms with van der Waals surface area (Å²) in [6.45, 7) is 3.16. The number of ketones is 1. The first kappa shape index (κ1) is 13.9. The Morgan fingerprint density at radius 2 is 1.95 bits per heavy atom. The molecule has 0 radical (unpaired) electrons. The summed E-state index contributed by atoms with van der Waals surface area (Å²) in [6.07, 6.45) is 0.187. The Labute approximate surface area is 116 Å². The number of nitrogens with zero attached hydrogens (tertiary/aromatic N) is 2. The van der Waals surface area contributed by atoms with E-state index in [-0.39, 0.29) is 24.0 Å². The van der Waals surface area contributed by atoms with Crippen LogP contribution in [0.1, 0.15) is 26.7 Å². The van der Waals surface area contributed by atoms with Crippen LogP contribution in [0.2, 0.25) is 0 Å². The summed E-state index contributed by atoms with van der Waals surface area (Å²) in [5.74, 6) is -0.612. The maximum atomic E-state index is 11.7. The molecule has 0 unspecified atom stereocenters. The summed E-state index contributed by atoms with van der Waals surface area (Å²) in [4.78, 5) is 33.9. The van der Waals surface area contributed by atoms with Crippen LogP contribution in [0.5, 0.6) is 0 Å². The van der Waals surface area contributed by atoms with E-state index in [0.29, 0.717) is 17.8 Å². The minimum Gasteiger partial charge on any atom is -0.326 e. The van der Waals surface area contributed by atoms with Gasteiger partial charge in [0.25, 0.3) is 5.91 Å². The Kier molecular flexibility index (Phi) is 3.93. The number of hydrazone groups is 1. The van der Waals surface area contributed by atoms with Crippen molar-refractivity contribution in [1.82, 2.24) is 0 Å². The van der Waals surface area contributed by atoms with E-state index in [4.69, 9.17) is 0 Å². The van der Waals surface area contributed by atoms with Gasteiger partial charge in [0.05, 0.1) is 18.5 Å². The minimum absolute atomic E-state index is 0.0733. The number of benzene rings is 1. The van der Waals surface area contributed by atoms with Crippen molar-refractivity contribution in [2.45, 2.75) is 26.7 Å². The third-order valence-corrected chi connectivity index (χ3v) is 2.72. The molecular formula is C14H15N3O3. The van der Waals surface area contributed by atoms with Crippen molar-refractivity contribution in [2.24, 2.45) is 5.10 Å². The molecule has 1 N–H and O–H groups in total.